The van der Waals surface area contributed by atoms with Gasteiger partial charge in [-0.2, -0.15) is 14.0 Å². The number of halogens is 2. The van der Waals surface area contributed by atoms with Gasteiger partial charge in [-0.3, -0.25) is 19.4 Å². The third-order valence-corrected chi connectivity index (χ3v) is 7.04. The number of hydrogen-bond acceptors (Lipinski definition) is 7. The highest BCUT2D eigenvalue weighted by atomic mass is 19.3. The molecule has 2 fully saturated rings. The van der Waals surface area contributed by atoms with Crippen LogP contribution in [0.25, 0.3) is 0 Å². The molecule has 1 saturated carbocycles. The second-order valence-electron chi connectivity index (χ2n) is 10.1. The van der Waals surface area contributed by atoms with Crippen LogP contribution in [0.1, 0.15) is 58.5 Å². The van der Waals surface area contributed by atoms with Gasteiger partial charge in [0.2, 0.25) is 5.91 Å². The molecule has 1 aromatic heterocycles. The van der Waals surface area contributed by atoms with Gasteiger partial charge in [-0.15, -0.1) is 0 Å². The molecule has 1 unspecified atom stereocenters. The fourth-order valence-corrected chi connectivity index (χ4v) is 4.67. The Kier molecular flexibility index (Phi) is 9.14. The van der Waals surface area contributed by atoms with Crippen molar-refractivity contribution in [2.24, 2.45) is 5.92 Å². The minimum atomic E-state index is -2.97. The van der Waals surface area contributed by atoms with Gasteiger partial charge in [0.15, 0.2) is 11.5 Å². The summed E-state index contributed by atoms with van der Waals surface area (Å²) in [4.78, 5) is 44.4. The number of pyridine rings is 1. The molecule has 212 valence electrons. The van der Waals surface area contributed by atoms with Crippen molar-refractivity contribution in [3.8, 4) is 17.6 Å². The zero-order valence-corrected chi connectivity index (χ0v) is 22.3. The topological polar surface area (TPSA) is 125 Å². The summed E-state index contributed by atoms with van der Waals surface area (Å²) in [6, 6.07) is 9.36. The van der Waals surface area contributed by atoms with Crippen LogP contribution in [0.4, 0.5) is 8.78 Å². The molecule has 0 spiro atoms. The van der Waals surface area contributed by atoms with Gasteiger partial charge in [0, 0.05) is 45.2 Å². The van der Waals surface area contributed by atoms with Gasteiger partial charge in [0.1, 0.15) is 12.2 Å². The summed E-state index contributed by atoms with van der Waals surface area (Å²) < 4.78 is 36.2. The first-order chi connectivity index (χ1) is 19.2. The molecule has 0 bridgehead atoms. The second kappa shape index (κ2) is 12.7. The van der Waals surface area contributed by atoms with Gasteiger partial charge in [-0.05, 0) is 55.0 Å². The molecule has 1 N–H and O–H groups in total. The molecule has 2 aliphatic rings. The SMILES string of the molecule is CC(=O)N1CC(c2ccc(OC(F)F)c(OCC3CC3)c2)C[C@@H]1CNC(=O)c1ccc(C(=O)N(C)CC#N)cn1. The first-order valence-electron chi connectivity index (χ1n) is 13.0. The maximum Gasteiger partial charge on any atom is 0.387 e. The summed E-state index contributed by atoms with van der Waals surface area (Å²) in [6.07, 6.45) is 3.92. The van der Waals surface area contributed by atoms with Crippen molar-refractivity contribution in [2.45, 2.75) is 44.8 Å². The highest BCUT2D eigenvalue weighted by Crippen LogP contribution is 2.38. The molecule has 1 aliphatic heterocycles. The smallest absolute Gasteiger partial charge is 0.387 e. The van der Waals surface area contributed by atoms with Crippen molar-refractivity contribution in [3.63, 3.8) is 0 Å². The van der Waals surface area contributed by atoms with Crippen LogP contribution in [0.15, 0.2) is 36.5 Å². The Labute approximate surface area is 230 Å². The Morgan fingerprint density at radius 1 is 1.23 bits per heavy atom. The molecule has 2 aromatic rings. The number of nitrogens with one attached hydrogen (secondary N) is 1. The van der Waals surface area contributed by atoms with E-state index in [1.54, 1.807) is 17.0 Å². The zero-order valence-electron chi connectivity index (χ0n) is 22.3. The third kappa shape index (κ3) is 7.22. The molecule has 2 heterocycles. The number of alkyl halides is 2. The highest BCUT2D eigenvalue weighted by molar-refractivity contribution is 5.96. The van der Waals surface area contributed by atoms with Crippen LogP contribution in [-0.2, 0) is 4.79 Å². The Hall–Kier alpha value is -4.27. The molecule has 1 aromatic carbocycles. The summed E-state index contributed by atoms with van der Waals surface area (Å²) in [7, 11) is 1.50. The third-order valence-electron chi connectivity index (χ3n) is 7.04. The van der Waals surface area contributed by atoms with Gasteiger partial charge < -0.3 is 24.6 Å². The lowest BCUT2D eigenvalue weighted by molar-refractivity contribution is -0.129. The van der Waals surface area contributed by atoms with Gasteiger partial charge >= 0.3 is 6.61 Å². The van der Waals surface area contributed by atoms with E-state index in [0.29, 0.717) is 25.5 Å². The highest BCUT2D eigenvalue weighted by Gasteiger charge is 2.35. The number of likely N-dealkylation sites (tertiary alicyclic amines) is 1. The second-order valence-corrected chi connectivity index (χ2v) is 10.1. The number of nitriles is 1. The fourth-order valence-electron chi connectivity index (χ4n) is 4.67. The largest absolute Gasteiger partial charge is 0.489 e. The predicted octanol–water partition coefficient (Wildman–Crippen LogP) is 3.20. The van der Waals surface area contributed by atoms with Crippen LogP contribution in [-0.4, -0.2) is 78.4 Å². The number of rotatable bonds is 11. The van der Waals surface area contributed by atoms with E-state index >= 15 is 0 Å². The van der Waals surface area contributed by atoms with Crippen LogP contribution in [0.2, 0.25) is 0 Å². The number of ether oxygens (including phenoxy) is 2. The number of hydrogen-bond donors (Lipinski definition) is 1. The number of carbonyl (C=O) groups is 3. The number of amides is 3. The molecule has 3 amide bonds. The summed E-state index contributed by atoms with van der Waals surface area (Å²) in [5, 5.41) is 11.6. The Balaban J connectivity index is 1.40. The Morgan fingerprint density at radius 2 is 2.00 bits per heavy atom. The number of nitrogens with zero attached hydrogens (tertiary/aromatic N) is 4. The van der Waals surface area contributed by atoms with E-state index in [1.807, 2.05) is 6.07 Å². The fraction of sp³-hybridized carbons (Fsp3) is 0.464. The lowest BCUT2D eigenvalue weighted by Gasteiger charge is -2.23. The summed E-state index contributed by atoms with van der Waals surface area (Å²) in [5.41, 5.74) is 1.19. The Bertz CT molecular complexity index is 1280. The van der Waals surface area contributed by atoms with E-state index in [-0.39, 0.29) is 59.6 Å². The monoisotopic (exact) mass is 555 g/mol. The molecule has 4 rings (SSSR count). The quantitative estimate of drug-likeness (QED) is 0.422. The molecule has 10 nitrogen and oxygen atoms in total. The molecule has 40 heavy (non-hydrogen) atoms. The van der Waals surface area contributed by atoms with E-state index < -0.39 is 12.5 Å². The molecule has 1 saturated heterocycles. The summed E-state index contributed by atoms with van der Waals surface area (Å²) in [6.45, 7) is -0.572. The summed E-state index contributed by atoms with van der Waals surface area (Å²) >= 11 is 0. The van der Waals surface area contributed by atoms with Crippen molar-refractivity contribution < 1.29 is 32.6 Å². The van der Waals surface area contributed by atoms with Crippen molar-refractivity contribution in [1.29, 1.82) is 5.26 Å². The zero-order chi connectivity index (χ0) is 28.8. The van der Waals surface area contributed by atoms with Crippen molar-refractivity contribution in [2.75, 3.05) is 33.3 Å². The van der Waals surface area contributed by atoms with Crippen LogP contribution in [0.3, 0.4) is 0 Å². The van der Waals surface area contributed by atoms with Crippen LogP contribution >= 0.6 is 0 Å². The van der Waals surface area contributed by atoms with Gasteiger partial charge in [-0.25, -0.2) is 0 Å². The molecule has 2 atom stereocenters. The molecule has 1 aliphatic carbocycles. The maximum absolute atomic E-state index is 12.9. The van der Waals surface area contributed by atoms with E-state index in [4.69, 9.17) is 10.00 Å². The maximum atomic E-state index is 12.9. The van der Waals surface area contributed by atoms with E-state index in [9.17, 15) is 23.2 Å². The molecular formula is C28H31F2N5O5. The van der Waals surface area contributed by atoms with Crippen LogP contribution < -0.4 is 14.8 Å². The number of carbonyl (C=O) groups excluding carboxylic acids is 3. The first kappa shape index (κ1) is 28.7. The lowest BCUT2D eigenvalue weighted by atomic mass is 9.96. The van der Waals surface area contributed by atoms with Crippen LogP contribution in [0.5, 0.6) is 11.5 Å². The van der Waals surface area contributed by atoms with Crippen molar-refractivity contribution >= 4 is 17.7 Å². The predicted molar refractivity (Wildman–Crippen MR) is 139 cm³/mol. The van der Waals surface area contributed by atoms with Gasteiger partial charge in [-0.1, -0.05) is 6.07 Å². The minimum Gasteiger partial charge on any atom is -0.489 e. The Morgan fingerprint density at radius 3 is 2.62 bits per heavy atom. The van der Waals surface area contributed by atoms with Crippen LogP contribution in [0, 0.1) is 17.2 Å². The number of benzene rings is 1. The lowest BCUT2D eigenvalue weighted by Crippen LogP contribution is -2.42. The summed E-state index contributed by atoms with van der Waals surface area (Å²) in [5.74, 6) is -0.433. The normalized spacial score (nSPS) is 18.2. The standard InChI is InChI=1S/C28H31F2N5O5/c1-17(36)35-15-21(19-6-8-24(40-28(29)30)25(12-19)39-16-18-3-4-18)11-22(35)14-33-26(37)23-7-5-20(13-32-23)27(38)34(2)10-9-31/h5-8,12-13,18,21-22,28H,3-4,10-11,14-16H2,1-2H3,(H,33,37)/t21?,22-/m1/s1. The van der Waals surface area contributed by atoms with E-state index in [0.717, 1.165) is 18.4 Å². The molecular weight excluding hydrogens is 524 g/mol. The van der Waals surface area contributed by atoms with Gasteiger partial charge in [0.05, 0.1) is 18.2 Å². The molecule has 0 radical (unpaired) electrons. The van der Waals surface area contributed by atoms with Crippen molar-refractivity contribution in [3.05, 3.63) is 53.3 Å². The average molecular weight is 556 g/mol. The van der Waals surface area contributed by atoms with E-state index in [1.165, 1.54) is 43.3 Å². The average Bonchev–Trinajstić information content (AvgIpc) is 3.66. The van der Waals surface area contributed by atoms with E-state index in [2.05, 4.69) is 15.0 Å². The first-order valence-corrected chi connectivity index (χ1v) is 13.0. The van der Waals surface area contributed by atoms with Crippen molar-refractivity contribution in [1.82, 2.24) is 20.1 Å². The molecule has 12 heteroatoms. The van der Waals surface area contributed by atoms with Gasteiger partial charge in [0.25, 0.3) is 11.8 Å². The number of aromatic nitrogens is 1. The minimum absolute atomic E-state index is 0.0263.